The molecule has 1 rings (SSSR count). The fraction of sp³-hybridized carbons (Fsp3) is 0.867. The van der Waals surface area contributed by atoms with E-state index in [2.05, 4.69) is 31.4 Å². The summed E-state index contributed by atoms with van der Waals surface area (Å²) in [7, 11) is 0. The summed E-state index contributed by atoms with van der Waals surface area (Å²) in [6.45, 7) is 10.1. The van der Waals surface area contributed by atoms with Crippen LogP contribution in [0.1, 0.15) is 47.5 Å². The normalized spacial score (nSPS) is 29.1. The van der Waals surface area contributed by atoms with Crippen molar-refractivity contribution in [1.82, 2.24) is 10.6 Å². The summed E-state index contributed by atoms with van der Waals surface area (Å²) in [5.41, 5.74) is 5.95. The number of nitrogens with two attached hydrogens (primary N) is 1. The third-order valence-corrected chi connectivity index (χ3v) is 4.69. The molecule has 0 aromatic heterocycles. The largest absolute Gasteiger partial charge is 0.352 e. The fourth-order valence-electron chi connectivity index (χ4n) is 2.98. The number of hydrogen-bond donors (Lipinski definition) is 3. The van der Waals surface area contributed by atoms with Crippen LogP contribution in [0.2, 0.25) is 0 Å². The van der Waals surface area contributed by atoms with Crippen LogP contribution in [-0.2, 0) is 9.59 Å². The topological polar surface area (TPSA) is 84.2 Å². The van der Waals surface area contributed by atoms with Crippen molar-refractivity contribution in [3.63, 3.8) is 0 Å². The van der Waals surface area contributed by atoms with Gasteiger partial charge in [0.2, 0.25) is 11.8 Å². The molecule has 1 aliphatic carbocycles. The maximum absolute atomic E-state index is 12.3. The zero-order valence-corrected chi connectivity index (χ0v) is 13.3. The van der Waals surface area contributed by atoms with Gasteiger partial charge in [-0.05, 0) is 38.0 Å². The van der Waals surface area contributed by atoms with E-state index >= 15 is 0 Å². The van der Waals surface area contributed by atoms with Gasteiger partial charge in [0.05, 0.1) is 6.54 Å². The Morgan fingerprint density at radius 3 is 2.45 bits per heavy atom. The first-order valence-electron chi connectivity index (χ1n) is 7.49. The van der Waals surface area contributed by atoms with Crippen LogP contribution in [0.3, 0.4) is 0 Å². The number of amides is 2. The molecular weight excluding hydrogens is 254 g/mol. The van der Waals surface area contributed by atoms with Crippen molar-refractivity contribution in [3.05, 3.63) is 0 Å². The summed E-state index contributed by atoms with van der Waals surface area (Å²) >= 11 is 0. The van der Waals surface area contributed by atoms with E-state index in [1.807, 2.05) is 13.8 Å². The molecule has 0 aromatic carbocycles. The molecule has 20 heavy (non-hydrogen) atoms. The number of carbonyl (C=O) groups excluding carboxylic acids is 2. The van der Waals surface area contributed by atoms with Gasteiger partial charge in [-0.3, -0.25) is 9.59 Å². The van der Waals surface area contributed by atoms with Gasteiger partial charge in [-0.15, -0.1) is 0 Å². The summed E-state index contributed by atoms with van der Waals surface area (Å²) in [6, 6.07) is 0.238. The second kappa shape index (κ2) is 6.57. The van der Waals surface area contributed by atoms with E-state index < -0.39 is 0 Å². The molecule has 0 heterocycles. The monoisotopic (exact) mass is 283 g/mol. The van der Waals surface area contributed by atoms with Crippen LogP contribution in [0.4, 0.5) is 0 Å². The van der Waals surface area contributed by atoms with E-state index in [1.165, 1.54) is 0 Å². The molecule has 0 spiro atoms. The Morgan fingerprint density at radius 1 is 1.30 bits per heavy atom. The third kappa shape index (κ3) is 3.95. The van der Waals surface area contributed by atoms with Crippen molar-refractivity contribution < 1.29 is 9.59 Å². The van der Waals surface area contributed by atoms with Crippen LogP contribution in [0.5, 0.6) is 0 Å². The third-order valence-electron chi connectivity index (χ3n) is 4.69. The van der Waals surface area contributed by atoms with Crippen LogP contribution < -0.4 is 16.4 Å². The zero-order valence-electron chi connectivity index (χ0n) is 13.3. The lowest BCUT2D eigenvalue weighted by molar-refractivity contribution is -0.134. The minimum absolute atomic E-state index is 0.0346. The van der Waals surface area contributed by atoms with Gasteiger partial charge in [0.25, 0.3) is 0 Å². The van der Waals surface area contributed by atoms with Crippen molar-refractivity contribution in [2.45, 2.75) is 59.5 Å². The molecule has 0 saturated heterocycles. The van der Waals surface area contributed by atoms with Crippen LogP contribution in [0, 0.1) is 17.3 Å². The summed E-state index contributed by atoms with van der Waals surface area (Å²) in [6.07, 6.45) is 1.65. The Morgan fingerprint density at radius 2 is 1.90 bits per heavy atom. The Kier molecular flexibility index (Phi) is 5.57. The van der Waals surface area contributed by atoms with Gasteiger partial charge in [-0.25, -0.2) is 0 Å². The van der Waals surface area contributed by atoms with E-state index in [0.717, 1.165) is 12.8 Å². The molecule has 3 unspecified atom stereocenters. The molecule has 4 N–H and O–H groups in total. The molecule has 1 fully saturated rings. The summed E-state index contributed by atoms with van der Waals surface area (Å²) < 4.78 is 0. The minimum Gasteiger partial charge on any atom is -0.352 e. The maximum Gasteiger partial charge on any atom is 0.239 e. The Labute approximate surface area is 122 Å². The number of nitrogens with one attached hydrogen (secondary N) is 2. The highest BCUT2D eigenvalue weighted by atomic mass is 16.2. The van der Waals surface area contributed by atoms with Crippen molar-refractivity contribution in [1.29, 1.82) is 0 Å². The first-order valence-corrected chi connectivity index (χ1v) is 7.49. The first-order chi connectivity index (χ1) is 9.16. The van der Waals surface area contributed by atoms with E-state index in [0.29, 0.717) is 0 Å². The molecule has 1 aliphatic rings. The molecule has 0 bridgehead atoms. The molecule has 0 aliphatic heterocycles. The van der Waals surface area contributed by atoms with Crippen LogP contribution in [0.25, 0.3) is 0 Å². The van der Waals surface area contributed by atoms with Gasteiger partial charge in [-0.1, -0.05) is 20.8 Å². The SMILES string of the molecule is CC(C)NC(=O)CNC(=O)C1CCC(N)C(C)C1(C)C. The van der Waals surface area contributed by atoms with Crippen molar-refractivity contribution in [3.8, 4) is 0 Å². The molecule has 5 heteroatoms. The van der Waals surface area contributed by atoms with E-state index in [9.17, 15) is 9.59 Å². The maximum atomic E-state index is 12.3. The van der Waals surface area contributed by atoms with Gasteiger partial charge in [0.15, 0.2) is 0 Å². The molecule has 0 aromatic rings. The van der Waals surface area contributed by atoms with Crippen molar-refractivity contribution in [2.24, 2.45) is 23.0 Å². The first kappa shape index (κ1) is 17.0. The Hall–Kier alpha value is -1.10. The number of hydrogen-bond acceptors (Lipinski definition) is 3. The predicted molar refractivity (Wildman–Crippen MR) is 79.9 cm³/mol. The smallest absolute Gasteiger partial charge is 0.239 e. The predicted octanol–water partition coefficient (Wildman–Crippen LogP) is 1.03. The molecule has 116 valence electrons. The van der Waals surface area contributed by atoms with Crippen molar-refractivity contribution >= 4 is 11.8 Å². The number of carbonyl (C=O) groups is 2. The minimum atomic E-state index is -0.147. The summed E-state index contributed by atoms with van der Waals surface area (Å²) in [4.78, 5) is 23.9. The average Bonchev–Trinajstić information content (AvgIpc) is 2.32. The lowest BCUT2D eigenvalue weighted by Gasteiger charge is -2.46. The highest BCUT2D eigenvalue weighted by molar-refractivity contribution is 5.86. The standard InChI is InChI=1S/C15H29N3O2/c1-9(2)18-13(19)8-17-14(20)11-6-7-12(16)10(3)15(11,4)5/h9-12H,6-8,16H2,1-5H3,(H,17,20)(H,18,19). The Balaban J connectivity index is 2.57. The molecular formula is C15H29N3O2. The van der Waals surface area contributed by atoms with Crippen molar-refractivity contribution in [2.75, 3.05) is 6.54 Å². The molecule has 2 amide bonds. The highest BCUT2D eigenvalue weighted by Gasteiger charge is 2.44. The molecule has 3 atom stereocenters. The quantitative estimate of drug-likeness (QED) is 0.720. The highest BCUT2D eigenvalue weighted by Crippen LogP contribution is 2.44. The van der Waals surface area contributed by atoms with Crippen LogP contribution >= 0.6 is 0 Å². The lowest BCUT2D eigenvalue weighted by atomic mass is 9.61. The molecule has 0 radical (unpaired) electrons. The second-order valence-electron chi connectivity index (χ2n) is 6.84. The summed E-state index contributed by atoms with van der Waals surface area (Å²) in [5.74, 6) is 0.0278. The molecule has 1 saturated carbocycles. The van der Waals surface area contributed by atoms with Gasteiger partial charge < -0.3 is 16.4 Å². The van der Waals surface area contributed by atoms with Gasteiger partial charge in [-0.2, -0.15) is 0 Å². The van der Waals surface area contributed by atoms with Crippen LogP contribution in [0.15, 0.2) is 0 Å². The lowest BCUT2D eigenvalue weighted by Crippen LogP contribution is -2.52. The van der Waals surface area contributed by atoms with E-state index in [4.69, 9.17) is 5.73 Å². The van der Waals surface area contributed by atoms with E-state index in [1.54, 1.807) is 0 Å². The van der Waals surface area contributed by atoms with Gasteiger partial charge in [0.1, 0.15) is 0 Å². The fourth-order valence-corrected chi connectivity index (χ4v) is 2.98. The zero-order chi connectivity index (χ0) is 15.5. The van der Waals surface area contributed by atoms with Crippen LogP contribution in [-0.4, -0.2) is 30.4 Å². The average molecular weight is 283 g/mol. The number of rotatable bonds is 4. The molecule has 5 nitrogen and oxygen atoms in total. The van der Waals surface area contributed by atoms with Gasteiger partial charge in [0, 0.05) is 18.0 Å². The Bertz CT molecular complexity index is 366. The van der Waals surface area contributed by atoms with E-state index in [-0.39, 0.29) is 47.7 Å². The second-order valence-corrected chi connectivity index (χ2v) is 6.84. The summed E-state index contributed by atoms with van der Waals surface area (Å²) in [5, 5.41) is 5.52. The van der Waals surface area contributed by atoms with Gasteiger partial charge >= 0.3 is 0 Å².